The molecule has 26 heavy (non-hydrogen) atoms. The Hall–Kier alpha value is -2.79. The number of nitrogens with one attached hydrogen (secondary N) is 1. The molecule has 4 rings (SSSR count). The maximum atomic E-state index is 5.38. The second-order valence-electron chi connectivity index (χ2n) is 6.67. The molecule has 0 spiro atoms. The minimum Gasteiger partial charge on any atom is -0.465 e. The molecule has 5 nitrogen and oxygen atoms in total. The van der Waals surface area contributed by atoms with Gasteiger partial charge in [0.05, 0.1) is 6.26 Å². The third-order valence-electron chi connectivity index (χ3n) is 4.66. The number of aromatic nitrogens is 3. The predicted octanol–water partition coefficient (Wildman–Crippen LogP) is 4.20. The van der Waals surface area contributed by atoms with Gasteiger partial charge in [0.2, 0.25) is 0 Å². The summed E-state index contributed by atoms with van der Waals surface area (Å²) in [6.07, 6.45) is 12.6. The monoisotopic (exact) mass is 346 g/mol. The van der Waals surface area contributed by atoms with Crippen molar-refractivity contribution >= 4 is 6.08 Å². The van der Waals surface area contributed by atoms with Crippen LogP contribution in [0.2, 0.25) is 0 Å². The Balaban J connectivity index is 1.49. The standard InChI is InChI=1S/C21H22N4O/c1-15(11-17-6-4-10-26-17)12-23-19-7-2-8-20-18(19)14-24-21(25-20)16-5-3-9-22-13-16/h3-6,9-11,13-14,19,23H,2,7-8,12H2,1H3/b15-11+. The summed E-state index contributed by atoms with van der Waals surface area (Å²) in [6, 6.07) is 8.07. The number of rotatable bonds is 5. The van der Waals surface area contributed by atoms with Gasteiger partial charge >= 0.3 is 0 Å². The number of pyridine rings is 1. The van der Waals surface area contributed by atoms with Crippen molar-refractivity contribution in [2.24, 2.45) is 0 Å². The molecule has 1 unspecified atom stereocenters. The minimum absolute atomic E-state index is 0.293. The lowest BCUT2D eigenvalue weighted by Gasteiger charge is -2.26. The lowest BCUT2D eigenvalue weighted by Crippen LogP contribution is -2.27. The van der Waals surface area contributed by atoms with E-state index < -0.39 is 0 Å². The van der Waals surface area contributed by atoms with Crippen LogP contribution in [-0.2, 0) is 6.42 Å². The molecule has 3 aromatic rings. The highest BCUT2D eigenvalue weighted by molar-refractivity contribution is 5.53. The normalized spacial score (nSPS) is 17.1. The summed E-state index contributed by atoms with van der Waals surface area (Å²) in [5.41, 5.74) is 4.56. The Labute approximate surface area is 153 Å². The fourth-order valence-electron chi connectivity index (χ4n) is 3.34. The average molecular weight is 346 g/mol. The van der Waals surface area contributed by atoms with Crippen molar-refractivity contribution in [3.8, 4) is 11.4 Å². The topological polar surface area (TPSA) is 63.8 Å². The number of hydrogen-bond donors (Lipinski definition) is 1. The molecule has 132 valence electrons. The number of aryl methyl sites for hydroxylation is 1. The van der Waals surface area contributed by atoms with Crippen LogP contribution in [0.5, 0.6) is 0 Å². The molecule has 0 saturated heterocycles. The molecular formula is C21H22N4O. The van der Waals surface area contributed by atoms with Gasteiger partial charge in [0.15, 0.2) is 5.82 Å². The molecule has 0 bridgehead atoms. The van der Waals surface area contributed by atoms with Crippen molar-refractivity contribution in [2.75, 3.05) is 6.54 Å². The molecule has 0 saturated carbocycles. The molecule has 0 fully saturated rings. The van der Waals surface area contributed by atoms with Gasteiger partial charge in [0.1, 0.15) is 5.76 Å². The summed E-state index contributed by atoms with van der Waals surface area (Å²) in [4.78, 5) is 13.5. The van der Waals surface area contributed by atoms with E-state index in [1.165, 1.54) is 11.1 Å². The summed E-state index contributed by atoms with van der Waals surface area (Å²) in [5.74, 6) is 1.64. The fourth-order valence-corrected chi connectivity index (χ4v) is 3.34. The Morgan fingerprint density at radius 2 is 2.27 bits per heavy atom. The largest absolute Gasteiger partial charge is 0.465 e. The number of fused-ring (bicyclic) bond motifs is 1. The van der Waals surface area contributed by atoms with E-state index in [-0.39, 0.29) is 0 Å². The van der Waals surface area contributed by atoms with E-state index in [2.05, 4.69) is 28.3 Å². The van der Waals surface area contributed by atoms with Crippen LogP contribution in [0.3, 0.4) is 0 Å². The lowest BCUT2D eigenvalue weighted by molar-refractivity contribution is 0.468. The number of nitrogens with zero attached hydrogens (tertiary/aromatic N) is 3. The van der Waals surface area contributed by atoms with Gasteiger partial charge in [-0.1, -0.05) is 5.57 Å². The first kappa shape index (κ1) is 16.7. The SMILES string of the molecule is C/C(=C\c1ccco1)CNC1CCCc2nc(-c3cccnc3)ncc21. The van der Waals surface area contributed by atoms with Crippen molar-refractivity contribution in [1.29, 1.82) is 0 Å². The molecule has 1 aliphatic carbocycles. The highest BCUT2D eigenvalue weighted by Gasteiger charge is 2.22. The van der Waals surface area contributed by atoms with Crippen molar-refractivity contribution < 1.29 is 4.42 Å². The minimum atomic E-state index is 0.293. The number of furan rings is 1. The van der Waals surface area contributed by atoms with Crippen LogP contribution in [0, 0.1) is 0 Å². The maximum Gasteiger partial charge on any atom is 0.160 e. The fraction of sp³-hybridized carbons (Fsp3) is 0.286. The molecule has 1 aliphatic rings. The van der Waals surface area contributed by atoms with Crippen molar-refractivity contribution in [1.82, 2.24) is 20.3 Å². The van der Waals surface area contributed by atoms with Crippen LogP contribution < -0.4 is 5.32 Å². The molecule has 3 aromatic heterocycles. The van der Waals surface area contributed by atoms with E-state index in [0.717, 1.165) is 48.6 Å². The van der Waals surface area contributed by atoms with Crippen LogP contribution >= 0.6 is 0 Å². The van der Waals surface area contributed by atoms with Crippen molar-refractivity contribution in [2.45, 2.75) is 32.2 Å². The first-order chi connectivity index (χ1) is 12.8. The quantitative estimate of drug-likeness (QED) is 0.750. The van der Waals surface area contributed by atoms with Crippen molar-refractivity contribution in [3.63, 3.8) is 0 Å². The summed E-state index contributed by atoms with van der Waals surface area (Å²) in [6.45, 7) is 2.93. The molecular weight excluding hydrogens is 324 g/mol. The van der Waals surface area contributed by atoms with Gasteiger partial charge in [-0.3, -0.25) is 4.98 Å². The van der Waals surface area contributed by atoms with E-state index in [9.17, 15) is 0 Å². The van der Waals surface area contributed by atoms with Gasteiger partial charge in [-0.2, -0.15) is 0 Å². The molecule has 5 heteroatoms. The molecule has 0 amide bonds. The highest BCUT2D eigenvalue weighted by atomic mass is 16.3. The summed E-state index contributed by atoms with van der Waals surface area (Å²) >= 11 is 0. The van der Waals surface area contributed by atoms with Gasteiger partial charge in [-0.15, -0.1) is 0 Å². The van der Waals surface area contributed by atoms with Crippen LogP contribution in [0.15, 0.2) is 59.1 Å². The molecule has 1 atom stereocenters. The van der Waals surface area contributed by atoms with Gasteiger partial charge in [-0.25, -0.2) is 9.97 Å². The van der Waals surface area contributed by atoms with Gasteiger partial charge in [0, 0.05) is 48.0 Å². The zero-order valence-corrected chi connectivity index (χ0v) is 14.9. The highest BCUT2D eigenvalue weighted by Crippen LogP contribution is 2.29. The smallest absolute Gasteiger partial charge is 0.160 e. The zero-order valence-electron chi connectivity index (χ0n) is 14.9. The third-order valence-corrected chi connectivity index (χ3v) is 4.66. The van der Waals surface area contributed by atoms with E-state index in [1.54, 1.807) is 12.5 Å². The van der Waals surface area contributed by atoms with E-state index >= 15 is 0 Å². The lowest BCUT2D eigenvalue weighted by atomic mass is 9.92. The Kier molecular flexibility index (Phi) is 4.88. The second kappa shape index (κ2) is 7.62. The van der Waals surface area contributed by atoms with Crippen LogP contribution in [0.1, 0.15) is 42.8 Å². The maximum absolute atomic E-state index is 5.38. The third kappa shape index (κ3) is 3.73. The van der Waals surface area contributed by atoms with Gasteiger partial charge < -0.3 is 9.73 Å². The summed E-state index contributed by atoms with van der Waals surface area (Å²) < 4.78 is 5.38. The van der Waals surface area contributed by atoms with E-state index in [0.29, 0.717) is 6.04 Å². The zero-order chi connectivity index (χ0) is 17.8. The first-order valence-electron chi connectivity index (χ1n) is 9.00. The first-order valence-corrected chi connectivity index (χ1v) is 9.00. The van der Waals surface area contributed by atoms with E-state index in [1.807, 2.05) is 36.7 Å². The van der Waals surface area contributed by atoms with Crippen LogP contribution in [0.25, 0.3) is 17.5 Å². The average Bonchev–Trinajstić information content (AvgIpc) is 3.19. The molecule has 0 aromatic carbocycles. The molecule has 0 radical (unpaired) electrons. The van der Waals surface area contributed by atoms with Gasteiger partial charge in [0.25, 0.3) is 0 Å². The Morgan fingerprint density at radius 3 is 3.08 bits per heavy atom. The summed E-state index contributed by atoms with van der Waals surface area (Å²) in [5, 5.41) is 3.65. The Morgan fingerprint density at radius 1 is 1.31 bits per heavy atom. The molecule has 1 N–H and O–H groups in total. The van der Waals surface area contributed by atoms with E-state index in [4.69, 9.17) is 9.40 Å². The molecule has 0 aliphatic heterocycles. The number of hydrogen-bond acceptors (Lipinski definition) is 5. The second-order valence-corrected chi connectivity index (χ2v) is 6.67. The van der Waals surface area contributed by atoms with Gasteiger partial charge in [-0.05, 0) is 56.5 Å². The predicted molar refractivity (Wildman–Crippen MR) is 101 cm³/mol. The van der Waals surface area contributed by atoms with Crippen LogP contribution in [-0.4, -0.2) is 21.5 Å². The Bertz CT molecular complexity index is 888. The summed E-state index contributed by atoms with van der Waals surface area (Å²) in [7, 11) is 0. The van der Waals surface area contributed by atoms with Crippen LogP contribution in [0.4, 0.5) is 0 Å². The molecule has 3 heterocycles. The van der Waals surface area contributed by atoms with Crippen molar-refractivity contribution in [3.05, 3.63) is 71.7 Å².